The Morgan fingerprint density at radius 1 is 1.05 bits per heavy atom. The van der Waals surface area contributed by atoms with Crippen LogP contribution in [0.3, 0.4) is 0 Å². The van der Waals surface area contributed by atoms with Crippen molar-refractivity contribution in [2.45, 2.75) is 0 Å². The van der Waals surface area contributed by atoms with Crippen molar-refractivity contribution in [1.82, 2.24) is 20.2 Å². The Hall–Kier alpha value is -2.41. The molecule has 1 aromatic rings. The summed E-state index contributed by atoms with van der Waals surface area (Å²) < 4.78 is 0. The van der Waals surface area contributed by atoms with Crippen LogP contribution in [-0.4, -0.2) is 68.8 Å². The van der Waals surface area contributed by atoms with E-state index in [4.69, 9.17) is 21.9 Å². The minimum Gasteiger partial charge on any atom is -0.394 e. The Kier molecular flexibility index (Phi) is 13.9. The average Bonchev–Trinajstić information content (AvgIpc) is 2.99. The van der Waals surface area contributed by atoms with Crippen LogP contribution in [0.15, 0.2) is 18.5 Å². The van der Waals surface area contributed by atoms with E-state index in [1.165, 1.54) is 0 Å². The molecule has 11 N–H and O–H groups in total. The number of hydrazine groups is 2. The minimum atomic E-state index is -0.737. The van der Waals surface area contributed by atoms with Crippen molar-refractivity contribution in [3.8, 4) is 0 Å². The van der Waals surface area contributed by atoms with Crippen molar-refractivity contribution in [3.63, 3.8) is 0 Å². The Bertz CT molecular complexity index is 321. The molecule has 0 fully saturated rings. The zero-order valence-corrected chi connectivity index (χ0v) is 11.4. The lowest BCUT2D eigenvalue weighted by Gasteiger charge is -2.09. The summed E-state index contributed by atoms with van der Waals surface area (Å²) in [5, 5.41) is 24.0. The van der Waals surface area contributed by atoms with Gasteiger partial charge in [0.05, 0.1) is 26.3 Å². The second-order valence-corrected chi connectivity index (χ2v) is 3.28. The van der Waals surface area contributed by atoms with Crippen LogP contribution in [0.25, 0.3) is 0 Å². The molecule has 0 aliphatic rings. The van der Waals surface area contributed by atoms with Crippen LogP contribution < -0.4 is 23.2 Å². The Balaban J connectivity index is 0. The van der Waals surface area contributed by atoms with Gasteiger partial charge in [-0.1, -0.05) is 0 Å². The summed E-state index contributed by atoms with van der Waals surface area (Å²) in [5.41, 5.74) is 9.35. The number of aromatic nitrogens is 2. The van der Waals surface area contributed by atoms with Crippen LogP contribution in [0.4, 0.5) is 9.59 Å². The molecule has 0 bridgehead atoms. The summed E-state index contributed by atoms with van der Waals surface area (Å²) in [7, 11) is 0. The van der Waals surface area contributed by atoms with Crippen molar-refractivity contribution >= 4 is 12.1 Å². The molecule has 12 heteroatoms. The van der Waals surface area contributed by atoms with E-state index in [1.54, 1.807) is 12.4 Å². The number of nitrogens with zero attached hydrogens (tertiary/aromatic N) is 3. The number of aliphatic hydroxyl groups is 2. The van der Waals surface area contributed by atoms with E-state index in [2.05, 4.69) is 21.7 Å². The maximum Gasteiger partial charge on any atom is 0.328 e. The molecule has 4 amide bonds. The van der Waals surface area contributed by atoms with Gasteiger partial charge >= 0.3 is 12.1 Å². The topological polar surface area (TPSA) is 214 Å². The number of primary amides is 2. The Morgan fingerprint density at radius 2 is 1.48 bits per heavy atom. The Morgan fingerprint density at radius 3 is 1.57 bits per heavy atom. The summed E-state index contributed by atoms with van der Waals surface area (Å²) in [6.07, 6.45) is 3.46. The molecule has 0 unspecified atom stereocenters. The molecule has 0 aromatic carbocycles. The molecular weight excluding hydrogens is 284 g/mol. The predicted octanol–water partition coefficient (Wildman–Crippen LogP) is -3.12. The number of carbonyl (C=O) groups excluding carboxylic acids is 2. The highest BCUT2D eigenvalue weighted by Crippen LogP contribution is 1.72. The normalized spacial score (nSPS) is 8.57. The fourth-order valence-corrected chi connectivity index (χ4v) is 0.651. The van der Waals surface area contributed by atoms with E-state index < -0.39 is 12.1 Å². The molecule has 1 rings (SSSR count). The molecule has 0 saturated carbocycles. The lowest BCUT2D eigenvalue weighted by molar-refractivity contribution is 0.186. The van der Waals surface area contributed by atoms with Crippen LogP contribution >= 0.6 is 0 Å². The van der Waals surface area contributed by atoms with Gasteiger partial charge in [-0.15, -0.1) is 0 Å². The third-order valence-corrected chi connectivity index (χ3v) is 1.65. The second kappa shape index (κ2) is 14.0. The SMILES string of the molecule is NC(=O)N(N)CCO.NC(=O)N(N)CCO.c1cn[nH]c1. The number of nitrogens with one attached hydrogen (secondary N) is 1. The van der Waals surface area contributed by atoms with Crippen LogP contribution in [-0.2, 0) is 0 Å². The van der Waals surface area contributed by atoms with E-state index >= 15 is 0 Å². The van der Waals surface area contributed by atoms with E-state index in [-0.39, 0.29) is 26.3 Å². The molecule has 0 aliphatic heterocycles. The van der Waals surface area contributed by atoms with E-state index in [1.807, 2.05) is 6.07 Å². The highest BCUT2D eigenvalue weighted by atomic mass is 16.3. The third kappa shape index (κ3) is 15.5. The molecule has 0 spiro atoms. The Labute approximate surface area is 121 Å². The number of hydrogen-bond acceptors (Lipinski definition) is 7. The first kappa shape index (κ1) is 20.9. The average molecular weight is 306 g/mol. The molecule has 0 atom stereocenters. The number of aromatic amines is 1. The fraction of sp³-hybridized carbons (Fsp3) is 0.444. The number of urea groups is 2. The number of carbonyl (C=O) groups is 2. The summed E-state index contributed by atoms with van der Waals surface area (Å²) in [4.78, 5) is 20.0. The lowest BCUT2D eigenvalue weighted by Crippen LogP contribution is -2.42. The first-order chi connectivity index (χ1) is 9.86. The summed E-state index contributed by atoms with van der Waals surface area (Å²) >= 11 is 0. The first-order valence-corrected chi connectivity index (χ1v) is 5.65. The van der Waals surface area contributed by atoms with E-state index in [9.17, 15) is 9.59 Å². The second-order valence-electron chi connectivity index (χ2n) is 3.28. The summed E-state index contributed by atoms with van der Waals surface area (Å²) in [6.45, 7) is -0.177. The lowest BCUT2D eigenvalue weighted by atomic mass is 10.7. The molecule has 0 saturated heterocycles. The zero-order chi connectivity index (χ0) is 16.7. The van der Waals surface area contributed by atoms with Crippen LogP contribution in [0.1, 0.15) is 0 Å². The van der Waals surface area contributed by atoms with Gasteiger partial charge in [0, 0.05) is 12.4 Å². The van der Waals surface area contributed by atoms with E-state index in [0.29, 0.717) is 0 Å². The van der Waals surface area contributed by atoms with Crippen LogP contribution in [0, 0.1) is 0 Å². The number of amides is 4. The first-order valence-electron chi connectivity index (χ1n) is 5.65. The van der Waals surface area contributed by atoms with Crippen molar-refractivity contribution in [3.05, 3.63) is 18.5 Å². The molecule has 12 nitrogen and oxygen atoms in total. The predicted molar refractivity (Wildman–Crippen MR) is 73.7 cm³/mol. The fourth-order valence-electron chi connectivity index (χ4n) is 0.651. The van der Waals surface area contributed by atoms with Gasteiger partial charge in [0.25, 0.3) is 0 Å². The van der Waals surface area contributed by atoms with Gasteiger partial charge in [0.1, 0.15) is 0 Å². The molecule has 0 radical (unpaired) electrons. The number of hydrogen-bond donors (Lipinski definition) is 7. The van der Waals surface area contributed by atoms with E-state index in [0.717, 1.165) is 10.0 Å². The van der Waals surface area contributed by atoms with Crippen LogP contribution in [0.2, 0.25) is 0 Å². The van der Waals surface area contributed by atoms with Gasteiger partial charge in [-0.25, -0.2) is 21.3 Å². The number of aliphatic hydroxyl groups excluding tert-OH is 2. The smallest absolute Gasteiger partial charge is 0.328 e. The number of rotatable bonds is 4. The third-order valence-electron chi connectivity index (χ3n) is 1.65. The molecule has 122 valence electrons. The van der Waals surface area contributed by atoms with Crippen molar-refractivity contribution in [1.29, 1.82) is 0 Å². The highest BCUT2D eigenvalue weighted by molar-refractivity contribution is 5.71. The van der Waals surface area contributed by atoms with Crippen molar-refractivity contribution in [2.75, 3.05) is 26.3 Å². The molecule has 0 aliphatic carbocycles. The van der Waals surface area contributed by atoms with Gasteiger partial charge in [-0.05, 0) is 6.07 Å². The highest BCUT2D eigenvalue weighted by Gasteiger charge is 1.99. The van der Waals surface area contributed by atoms with Crippen molar-refractivity contribution in [2.24, 2.45) is 23.2 Å². The summed E-state index contributed by atoms with van der Waals surface area (Å²) in [5.74, 6) is 9.85. The summed E-state index contributed by atoms with van der Waals surface area (Å²) in [6, 6.07) is 0.359. The quantitative estimate of drug-likeness (QED) is 0.172. The zero-order valence-electron chi connectivity index (χ0n) is 11.4. The minimum absolute atomic E-state index is 0.0787. The van der Waals surface area contributed by atoms with Gasteiger partial charge in [-0.3, -0.25) is 15.1 Å². The van der Waals surface area contributed by atoms with Gasteiger partial charge in [0.15, 0.2) is 0 Å². The standard InChI is InChI=1S/2C3H9N3O2.C3H4N2/c2*4-3(8)6(5)1-2-7;1-2-4-5-3-1/h2*7H,1-2,5H2,(H2,4,8);1-3H,(H,4,5). The number of H-pyrrole nitrogens is 1. The van der Waals surface area contributed by atoms with Gasteiger partial charge in [0.2, 0.25) is 0 Å². The molecule has 1 heterocycles. The maximum atomic E-state index is 10.0. The molecule has 21 heavy (non-hydrogen) atoms. The maximum absolute atomic E-state index is 10.0. The molecular formula is C9H22N8O4. The largest absolute Gasteiger partial charge is 0.394 e. The number of nitrogens with two attached hydrogens (primary N) is 4. The molecule has 1 aromatic heterocycles. The van der Waals surface area contributed by atoms with Gasteiger partial charge < -0.3 is 21.7 Å². The van der Waals surface area contributed by atoms with Gasteiger partial charge in [-0.2, -0.15) is 5.10 Å². The van der Waals surface area contributed by atoms with Crippen molar-refractivity contribution < 1.29 is 19.8 Å². The van der Waals surface area contributed by atoms with Crippen LogP contribution in [0.5, 0.6) is 0 Å². The monoisotopic (exact) mass is 306 g/mol.